The quantitative estimate of drug-likeness (QED) is 0.690. The Labute approximate surface area is 97.5 Å². The van der Waals surface area contributed by atoms with Gasteiger partial charge in [0, 0.05) is 30.4 Å². The smallest absolute Gasteiger partial charge is 0.165 e. The number of aromatic nitrogens is 1. The molecule has 16 heavy (non-hydrogen) atoms. The molecule has 1 aromatic heterocycles. The first-order chi connectivity index (χ1) is 7.67. The van der Waals surface area contributed by atoms with Crippen LogP contribution in [-0.2, 0) is 0 Å². The molecule has 1 aromatic rings. The third kappa shape index (κ3) is 3.74. The maximum atomic E-state index is 11.8. The van der Waals surface area contributed by atoms with Crippen molar-refractivity contribution >= 4 is 5.78 Å². The normalized spacial score (nSPS) is 10.8. The second-order valence-electron chi connectivity index (χ2n) is 3.89. The number of Topliss-reactive ketones (excluding diaryl/α,β-unsaturated/α-hetero) is 1. The topological polar surface area (TPSA) is 33.2 Å². The molecule has 0 amide bonds. The molecule has 0 unspecified atom stereocenters. The largest absolute Gasteiger partial charge is 0.303 e. The first-order valence-corrected chi connectivity index (χ1v) is 5.85. The van der Waals surface area contributed by atoms with Crippen LogP contribution in [0.5, 0.6) is 0 Å². The summed E-state index contributed by atoms with van der Waals surface area (Å²) >= 11 is 0. The molecule has 0 aromatic carbocycles. The van der Waals surface area contributed by atoms with E-state index >= 15 is 0 Å². The van der Waals surface area contributed by atoms with Crippen molar-refractivity contribution in [1.82, 2.24) is 9.88 Å². The lowest BCUT2D eigenvalue weighted by atomic mass is 10.1. The first kappa shape index (κ1) is 12.8. The second kappa shape index (κ2) is 6.38. The van der Waals surface area contributed by atoms with Gasteiger partial charge in [0.2, 0.25) is 0 Å². The van der Waals surface area contributed by atoms with Gasteiger partial charge in [-0.1, -0.05) is 13.8 Å². The number of rotatable bonds is 6. The Hall–Kier alpha value is -1.22. The summed E-state index contributed by atoms with van der Waals surface area (Å²) in [5, 5.41) is 0. The Bertz CT molecular complexity index is 328. The zero-order chi connectivity index (χ0) is 12.0. The van der Waals surface area contributed by atoms with E-state index in [1.807, 2.05) is 19.1 Å². The van der Waals surface area contributed by atoms with Crippen LogP contribution in [-0.4, -0.2) is 35.3 Å². The van der Waals surface area contributed by atoms with Gasteiger partial charge < -0.3 is 4.90 Å². The molecule has 3 heteroatoms. The van der Waals surface area contributed by atoms with Crippen LogP contribution in [0.4, 0.5) is 0 Å². The van der Waals surface area contributed by atoms with E-state index in [0.717, 1.165) is 30.9 Å². The van der Waals surface area contributed by atoms with Gasteiger partial charge in [0.05, 0.1) is 0 Å². The molecule has 0 aliphatic carbocycles. The van der Waals surface area contributed by atoms with Crippen LogP contribution in [0.3, 0.4) is 0 Å². The lowest BCUT2D eigenvalue weighted by molar-refractivity contribution is 0.0966. The maximum Gasteiger partial charge on any atom is 0.165 e. The van der Waals surface area contributed by atoms with Crippen molar-refractivity contribution in [2.24, 2.45) is 0 Å². The number of aryl methyl sites for hydroxylation is 1. The van der Waals surface area contributed by atoms with Crippen LogP contribution >= 0.6 is 0 Å². The molecule has 88 valence electrons. The molecule has 0 spiro atoms. The number of nitrogens with zero attached hydrogens (tertiary/aromatic N) is 2. The van der Waals surface area contributed by atoms with Crippen molar-refractivity contribution < 1.29 is 4.79 Å². The van der Waals surface area contributed by atoms with E-state index in [9.17, 15) is 4.79 Å². The van der Waals surface area contributed by atoms with Crippen molar-refractivity contribution in [3.05, 3.63) is 29.6 Å². The van der Waals surface area contributed by atoms with E-state index in [0.29, 0.717) is 6.42 Å². The summed E-state index contributed by atoms with van der Waals surface area (Å²) in [6, 6.07) is 3.73. The fraction of sp³-hybridized carbons (Fsp3) is 0.538. The zero-order valence-corrected chi connectivity index (χ0v) is 10.4. The van der Waals surface area contributed by atoms with E-state index in [1.54, 1.807) is 6.20 Å². The Morgan fingerprint density at radius 1 is 1.31 bits per heavy atom. The Balaban J connectivity index is 2.49. The van der Waals surface area contributed by atoms with Crippen LogP contribution < -0.4 is 0 Å². The van der Waals surface area contributed by atoms with Gasteiger partial charge in [0.1, 0.15) is 0 Å². The third-order valence-electron chi connectivity index (χ3n) is 2.78. The number of carbonyl (C=O) groups is 1. The fourth-order valence-corrected chi connectivity index (χ4v) is 1.58. The molecule has 1 heterocycles. The highest BCUT2D eigenvalue weighted by Gasteiger charge is 2.07. The van der Waals surface area contributed by atoms with Crippen molar-refractivity contribution in [2.45, 2.75) is 27.2 Å². The number of carbonyl (C=O) groups excluding carboxylic acids is 1. The Morgan fingerprint density at radius 2 is 2.00 bits per heavy atom. The van der Waals surface area contributed by atoms with E-state index in [4.69, 9.17) is 0 Å². The summed E-state index contributed by atoms with van der Waals surface area (Å²) in [5.74, 6) is 0.180. The van der Waals surface area contributed by atoms with Gasteiger partial charge in [-0.3, -0.25) is 9.78 Å². The monoisotopic (exact) mass is 220 g/mol. The van der Waals surface area contributed by atoms with Crippen LogP contribution in [0.1, 0.15) is 36.3 Å². The molecule has 1 rings (SSSR count). The molecule has 0 bridgehead atoms. The van der Waals surface area contributed by atoms with Gasteiger partial charge in [0.25, 0.3) is 0 Å². The lowest BCUT2D eigenvalue weighted by Crippen LogP contribution is -2.25. The van der Waals surface area contributed by atoms with Crippen LogP contribution in [0, 0.1) is 6.92 Å². The van der Waals surface area contributed by atoms with E-state index in [-0.39, 0.29) is 5.78 Å². The highest BCUT2D eigenvalue weighted by molar-refractivity contribution is 5.95. The van der Waals surface area contributed by atoms with Gasteiger partial charge in [0.15, 0.2) is 5.78 Å². The minimum absolute atomic E-state index is 0.180. The average molecular weight is 220 g/mol. The zero-order valence-electron chi connectivity index (χ0n) is 10.4. The van der Waals surface area contributed by atoms with Crippen molar-refractivity contribution in [1.29, 1.82) is 0 Å². The van der Waals surface area contributed by atoms with Crippen molar-refractivity contribution in [2.75, 3.05) is 19.6 Å². The van der Waals surface area contributed by atoms with Crippen molar-refractivity contribution in [3.63, 3.8) is 0 Å². The molecule has 0 saturated carbocycles. The summed E-state index contributed by atoms with van der Waals surface area (Å²) in [7, 11) is 0. The molecule has 0 saturated heterocycles. The summed E-state index contributed by atoms with van der Waals surface area (Å²) in [4.78, 5) is 18.2. The van der Waals surface area contributed by atoms with Crippen LogP contribution in [0.25, 0.3) is 0 Å². The maximum absolute atomic E-state index is 11.8. The average Bonchev–Trinajstić information content (AvgIpc) is 2.31. The van der Waals surface area contributed by atoms with E-state index in [2.05, 4.69) is 23.7 Å². The molecule has 0 aliphatic rings. The summed E-state index contributed by atoms with van der Waals surface area (Å²) in [6.07, 6.45) is 2.24. The SMILES string of the molecule is CCN(CC)CCC(=O)c1ccc(C)nc1. The predicted molar refractivity (Wildman–Crippen MR) is 65.7 cm³/mol. The minimum atomic E-state index is 0.180. The number of hydrogen-bond donors (Lipinski definition) is 0. The predicted octanol–water partition coefficient (Wildman–Crippen LogP) is 2.30. The number of hydrogen-bond acceptors (Lipinski definition) is 3. The molecule has 0 N–H and O–H groups in total. The molecule has 0 radical (unpaired) electrons. The summed E-state index contributed by atoms with van der Waals surface area (Å²) in [6.45, 7) is 8.97. The highest BCUT2D eigenvalue weighted by Crippen LogP contribution is 2.04. The Morgan fingerprint density at radius 3 is 2.50 bits per heavy atom. The Kier molecular flexibility index (Phi) is 5.12. The van der Waals surface area contributed by atoms with E-state index < -0.39 is 0 Å². The van der Waals surface area contributed by atoms with Gasteiger partial charge in [-0.2, -0.15) is 0 Å². The van der Waals surface area contributed by atoms with Gasteiger partial charge in [-0.15, -0.1) is 0 Å². The molecule has 0 fully saturated rings. The van der Waals surface area contributed by atoms with Gasteiger partial charge >= 0.3 is 0 Å². The fourth-order valence-electron chi connectivity index (χ4n) is 1.58. The van der Waals surface area contributed by atoms with Crippen molar-refractivity contribution in [3.8, 4) is 0 Å². The van der Waals surface area contributed by atoms with Crippen LogP contribution in [0.15, 0.2) is 18.3 Å². The van der Waals surface area contributed by atoms with E-state index in [1.165, 1.54) is 0 Å². The molecule has 0 atom stereocenters. The first-order valence-electron chi connectivity index (χ1n) is 5.85. The highest BCUT2D eigenvalue weighted by atomic mass is 16.1. The summed E-state index contributed by atoms with van der Waals surface area (Å²) < 4.78 is 0. The van der Waals surface area contributed by atoms with Crippen LogP contribution in [0.2, 0.25) is 0 Å². The molecular weight excluding hydrogens is 200 g/mol. The molecule has 0 aliphatic heterocycles. The summed E-state index contributed by atoms with van der Waals surface area (Å²) in [5.41, 5.74) is 1.66. The molecular formula is C13H20N2O. The number of pyridine rings is 1. The third-order valence-corrected chi connectivity index (χ3v) is 2.78. The van der Waals surface area contributed by atoms with Gasteiger partial charge in [-0.25, -0.2) is 0 Å². The minimum Gasteiger partial charge on any atom is -0.303 e. The second-order valence-corrected chi connectivity index (χ2v) is 3.89. The molecule has 3 nitrogen and oxygen atoms in total. The standard InChI is InChI=1S/C13H20N2O/c1-4-15(5-2)9-8-13(16)12-7-6-11(3)14-10-12/h6-7,10H,4-5,8-9H2,1-3H3. The lowest BCUT2D eigenvalue weighted by Gasteiger charge is -2.16. The number of ketones is 1. The van der Waals surface area contributed by atoms with Gasteiger partial charge in [-0.05, 0) is 32.1 Å².